The van der Waals surface area contributed by atoms with Gasteiger partial charge in [0.25, 0.3) is 0 Å². The van der Waals surface area contributed by atoms with Gasteiger partial charge in [-0.1, -0.05) is 13.8 Å². The number of amides is 2. The van der Waals surface area contributed by atoms with Crippen molar-refractivity contribution in [2.24, 2.45) is 17.3 Å². The molecule has 1 saturated heterocycles. The van der Waals surface area contributed by atoms with Crippen molar-refractivity contribution in [3.63, 3.8) is 0 Å². The Morgan fingerprint density at radius 3 is 2.41 bits per heavy atom. The van der Waals surface area contributed by atoms with Gasteiger partial charge in [-0.15, -0.1) is 0 Å². The van der Waals surface area contributed by atoms with Crippen LogP contribution >= 0.6 is 0 Å². The molecule has 3 rings (SSSR count). The average Bonchev–Trinajstić information content (AvgIpc) is 2.72. The van der Waals surface area contributed by atoms with E-state index in [9.17, 15) is 9.59 Å². The van der Waals surface area contributed by atoms with Gasteiger partial charge in [0.15, 0.2) is 0 Å². The molecule has 0 spiro atoms. The molecule has 1 aromatic heterocycles. The quantitative estimate of drug-likeness (QED) is 0.725. The molecule has 0 radical (unpaired) electrons. The van der Waals surface area contributed by atoms with E-state index in [0.29, 0.717) is 11.4 Å². The van der Waals surface area contributed by atoms with Gasteiger partial charge in [-0.05, 0) is 11.5 Å². The number of carbonyl (C=O) groups excluding carboxylic acids is 2. The maximum absolute atomic E-state index is 12.2. The number of piperidine rings is 1. The maximum Gasteiger partial charge on any atom is 0.238 e. The molecule has 2 atom stereocenters. The van der Waals surface area contributed by atoms with Crippen molar-refractivity contribution in [2.45, 2.75) is 13.8 Å². The number of pyridine rings is 1. The van der Waals surface area contributed by atoms with Crippen LogP contribution in [0, 0.1) is 17.3 Å². The Morgan fingerprint density at radius 2 is 1.88 bits per heavy atom. The van der Waals surface area contributed by atoms with E-state index in [4.69, 9.17) is 5.73 Å². The van der Waals surface area contributed by atoms with Crippen molar-refractivity contribution in [3.8, 4) is 0 Å². The summed E-state index contributed by atoms with van der Waals surface area (Å²) in [5, 5.41) is 0. The first kappa shape index (κ1) is 10.3. The Kier molecular flexibility index (Phi) is 1.72. The van der Waals surface area contributed by atoms with Crippen LogP contribution in [0.2, 0.25) is 0 Å². The second-order valence-electron chi connectivity index (χ2n) is 5.22. The standard InChI is InChI=1S/C12H13N3O2/c1-12(2)8-9(12)11(17)15(10(8)16)7-3-4-14-5-6(7)13/h3-5,8-9H,13H2,1-2H3. The molecule has 88 valence electrons. The van der Waals surface area contributed by atoms with Crippen molar-refractivity contribution < 1.29 is 9.59 Å². The Hall–Kier alpha value is -1.91. The molecule has 1 aliphatic heterocycles. The third-order valence-electron chi connectivity index (χ3n) is 3.87. The largest absolute Gasteiger partial charge is 0.396 e. The minimum atomic E-state index is -0.188. The number of nitrogens with zero attached hydrogens (tertiary/aromatic N) is 2. The van der Waals surface area contributed by atoms with E-state index < -0.39 is 0 Å². The minimum Gasteiger partial charge on any atom is -0.396 e. The van der Waals surface area contributed by atoms with Crippen molar-refractivity contribution in [3.05, 3.63) is 18.5 Å². The number of nitrogens with two attached hydrogens (primary N) is 1. The molecule has 5 heteroatoms. The van der Waals surface area contributed by atoms with Crippen molar-refractivity contribution in [1.82, 2.24) is 4.98 Å². The highest BCUT2D eigenvalue weighted by atomic mass is 16.2. The van der Waals surface area contributed by atoms with Crippen molar-refractivity contribution in [1.29, 1.82) is 0 Å². The van der Waals surface area contributed by atoms with E-state index >= 15 is 0 Å². The highest BCUT2D eigenvalue weighted by Gasteiger charge is 2.72. The smallest absolute Gasteiger partial charge is 0.238 e. The molecule has 1 aromatic rings. The predicted molar refractivity (Wildman–Crippen MR) is 61.9 cm³/mol. The van der Waals surface area contributed by atoms with Gasteiger partial charge in [-0.25, -0.2) is 4.90 Å². The Morgan fingerprint density at radius 1 is 1.29 bits per heavy atom. The third-order valence-corrected chi connectivity index (χ3v) is 3.87. The van der Waals surface area contributed by atoms with Crippen LogP contribution in [0.15, 0.2) is 18.5 Å². The topological polar surface area (TPSA) is 76.3 Å². The molecule has 2 unspecified atom stereocenters. The first-order chi connectivity index (χ1) is 7.96. The van der Waals surface area contributed by atoms with Crippen LogP contribution in [-0.2, 0) is 9.59 Å². The number of aromatic nitrogens is 1. The van der Waals surface area contributed by atoms with Crippen LogP contribution in [0.4, 0.5) is 11.4 Å². The highest BCUT2D eigenvalue weighted by molar-refractivity contribution is 6.26. The molecule has 2 N–H and O–H groups in total. The van der Waals surface area contributed by atoms with Gasteiger partial charge >= 0.3 is 0 Å². The molecule has 2 aliphatic rings. The molecule has 1 saturated carbocycles. The number of anilines is 2. The van der Waals surface area contributed by atoms with Gasteiger partial charge in [0.05, 0.1) is 29.4 Å². The Balaban J connectivity index is 2.02. The van der Waals surface area contributed by atoms with E-state index in [-0.39, 0.29) is 29.1 Å². The number of fused-ring (bicyclic) bond motifs is 1. The summed E-state index contributed by atoms with van der Waals surface area (Å²) in [6.07, 6.45) is 2.98. The summed E-state index contributed by atoms with van der Waals surface area (Å²) in [4.78, 5) is 29.4. The van der Waals surface area contributed by atoms with E-state index in [1.807, 2.05) is 13.8 Å². The van der Waals surface area contributed by atoms with Gasteiger partial charge in [-0.2, -0.15) is 0 Å². The normalized spacial score (nSPS) is 29.4. The summed E-state index contributed by atoms with van der Waals surface area (Å²) in [5.74, 6) is -0.629. The van der Waals surface area contributed by atoms with Gasteiger partial charge < -0.3 is 5.73 Å². The molecule has 0 bridgehead atoms. The zero-order valence-electron chi connectivity index (χ0n) is 9.68. The van der Waals surface area contributed by atoms with Gasteiger partial charge in [0.1, 0.15) is 0 Å². The summed E-state index contributed by atoms with van der Waals surface area (Å²) in [5.41, 5.74) is 6.37. The van der Waals surface area contributed by atoms with Crippen LogP contribution in [0.5, 0.6) is 0 Å². The lowest BCUT2D eigenvalue weighted by Gasteiger charge is -2.21. The Bertz CT molecular complexity index is 514. The first-order valence-corrected chi connectivity index (χ1v) is 5.53. The molecule has 17 heavy (non-hydrogen) atoms. The number of carbonyl (C=O) groups is 2. The molecular formula is C12H13N3O2. The molecule has 1 aliphatic carbocycles. The molecule has 2 amide bonds. The summed E-state index contributed by atoms with van der Waals surface area (Å²) >= 11 is 0. The molecular weight excluding hydrogens is 218 g/mol. The number of hydrogen-bond acceptors (Lipinski definition) is 4. The third kappa shape index (κ3) is 1.11. The molecule has 2 heterocycles. The fourth-order valence-electron chi connectivity index (χ4n) is 2.79. The van der Waals surface area contributed by atoms with E-state index in [1.165, 1.54) is 17.3 Å². The molecule has 2 fully saturated rings. The fraction of sp³-hybridized carbons (Fsp3) is 0.417. The highest BCUT2D eigenvalue weighted by Crippen LogP contribution is 2.63. The molecule has 0 aromatic carbocycles. The number of hydrogen-bond donors (Lipinski definition) is 1. The zero-order chi connectivity index (χ0) is 12.4. The van der Waals surface area contributed by atoms with Crippen LogP contribution in [0.1, 0.15) is 13.8 Å². The second-order valence-corrected chi connectivity index (χ2v) is 5.22. The summed E-state index contributed by atoms with van der Waals surface area (Å²) in [6.45, 7) is 3.90. The number of imide groups is 1. The minimum absolute atomic E-state index is 0.136. The Labute approximate surface area is 98.6 Å². The van der Waals surface area contributed by atoms with E-state index in [1.54, 1.807) is 6.07 Å². The average molecular weight is 231 g/mol. The predicted octanol–water partition coefficient (Wildman–Crippen LogP) is 0.809. The SMILES string of the molecule is CC1(C)C2C(=O)N(c3ccncc3N)C(=O)C21. The lowest BCUT2D eigenvalue weighted by Crippen LogP contribution is -2.36. The van der Waals surface area contributed by atoms with E-state index in [0.717, 1.165) is 0 Å². The van der Waals surface area contributed by atoms with Crippen molar-refractivity contribution >= 4 is 23.2 Å². The number of rotatable bonds is 1. The van der Waals surface area contributed by atoms with Gasteiger partial charge in [0.2, 0.25) is 11.8 Å². The second kappa shape index (κ2) is 2.85. The summed E-state index contributed by atoms with van der Waals surface area (Å²) in [7, 11) is 0. The monoisotopic (exact) mass is 231 g/mol. The lowest BCUT2D eigenvalue weighted by molar-refractivity contribution is -0.125. The fourth-order valence-corrected chi connectivity index (χ4v) is 2.79. The maximum atomic E-state index is 12.2. The van der Waals surface area contributed by atoms with Crippen LogP contribution in [0.3, 0.4) is 0 Å². The van der Waals surface area contributed by atoms with Crippen LogP contribution < -0.4 is 10.6 Å². The summed E-state index contributed by atoms with van der Waals surface area (Å²) < 4.78 is 0. The molecule has 5 nitrogen and oxygen atoms in total. The zero-order valence-corrected chi connectivity index (χ0v) is 9.68. The van der Waals surface area contributed by atoms with Gasteiger partial charge in [-0.3, -0.25) is 14.6 Å². The number of nitrogen functional groups attached to an aromatic ring is 1. The van der Waals surface area contributed by atoms with Crippen LogP contribution in [-0.4, -0.2) is 16.8 Å². The first-order valence-electron chi connectivity index (χ1n) is 5.53. The lowest BCUT2D eigenvalue weighted by atomic mass is 10.1. The van der Waals surface area contributed by atoms with Gasteiger partial charge in [0, 0.05) is 6.20 Å². The van der Waals surface area contributed by atoms with Crippen LogP contribution in [0.25, 0.3) is 0 Å². The van der Waals surface area contributed by atoms with E-state index in [2.05, 4.69) is 4.98 Å². The van der Waals surface area contributed by atoms with Crippen molar-refractivity contribution in [2.75, 3.05) is 10.6 Å². The summed E-state index contributed by atoms with van der Waals surface area (Å²) in [6, 6.07) is 1.60.